The summed E-state index contributed by atoms with van der Waals surface area (Å²) in [6, 6.07) is 6.83. The Morgan fingerprint density at radius 1 is 0.750 bits per heavy atom. The predicted octanol–water partition coefficient (Wildman–Crippen LogP) is 4.45. The fraction of sp³-hybridized carbons (Fsp3) is 0.700. The zero-order valence-corrected chi connectivity index (χ0v) is 17.5. The van der Waals surface area contributed by atoms with Crippen molar-refractivity contribution in [2.75, 3.05) is 0 Å². The van der Waals surface area contributed by atoms with Gasteiger partial charge in [0.15, 0.2) is 0 Å². The number of hydrogen-bond acceptors (Lipinski definition) is 2. The molecular weight excluding hydrogens is 315 g/mol. The van der Waals surface area contributed by atoms with Gasteiger partial charge in [0.05, 0.1) is 11.2 Å². The highest BCUT2D eigenvalue weighted by Crippen LogP contribution is 2.45. The van der Waals surface area contributed by atoms with Gasteiger partial charge in [-0.15, -0.1) is 0 Å². The predicted molar refractivity (Wildman–Crippen MR) is 108 cm³/mol. The Morgan fingerprint density at radius 2 is 1.21 bits per heavy atom. The van der Waals surface area contributed by atoms with Crippen molar-refractivity contribution in [1.29, 1.82) is 0 Å². The topological polar surface area (TPSA) is 18.5 Å². The third kappa shape index (κ3) is 3.06. The maximum atomic E-state index is 6.24. The van der Waals surface area contributed by atoms with Crippen molar-refractivity contribution >= 4 is 26.1 Å². The molecule has 1 aliphatic heterocycles. The van der Waals surface area contributed by atoms with Crippen LogP contribution in [-0.4, -0.2) is 18.3 Å². The molecule has 2 aliphatic rings. The van der Waals surface area contributed by atoms with Gasteiger partial charge in [-0.1, -0.05) is 45.9 Å². The molecule has 1 aromatic carbocycles. The lowest BCUT2D eigenvalue weighted by Gasteiger charge is -2.42. The van der Waals surface area contributed by atoms with E-state index >= 15 is 0 Å². The lowest BCUT2D eigenvalue weighted by atomic mass is 9.61. The van der Waals surface area contributed by atoms with Crippen LogP contribution in [0.5, 0.6) is 0 Å². The van der Waals surface area contributed by atoms with Crippen LogP contribution >= 0.6 is 13.5 Å². The fourth-order valence-corrected chi connectivity index (χ4v) is 3.73. The zero-order valence-electron chi connectivity index (χ0n) is 16.5. The summed E-state index contributed by atoms with van der Waals surface area (Å²) in [5.74, 6) is 0. The molecule has 0 atom stereocenters. The van der Waals surface area contributed by atoms with Crippen LogP contribution in [0.15, 0.2) is 18.2 Å². The minimum atomic E-state index is -0.289. The standard InChI is InChI=1S/C20H31BO2.H2S/c1-17(2)11-12-18(3,4)16-13-14(9-10-15(16)17)21-22-19(5,6)20(7,8)23-21;/h9-10,13H,11-12H2,1-8H3;1H2. The average molecular weight is 348 g/mol. The van der Waals surface area contributed by atoms with Gasteiger partial charge in [-0.2, -0.15) is 13.5 Å². The van der Waals surface area contributed by atoms with Crippen LogP contribution in [-0.2, 0) is 20.1 Å². The number of hydrogen-bond donors (Lipinski definition) is 0. The summed E-state index contributed by atoms with van der Waals surface area (Å²) in [7, 11) is -0.272. The maximum Gasteiger partial charge on any atom is 0.494 e. The first-order valence-electron chi connectivity index (χ1n) is 8.86. The van der Waals surface area contributed by atoms with Crippen molar-refractivity contribution in [3.8, 4) is 0 Å². The molecule has 134 valence electrons. The van der Waals surface area contributed by atoms with Crippen molar-refractivity contribution < 1.29 is 9.31 Å². The molecule has 1 fully saturated rings. The van der Waals surface area contributed by atoms with Crippen molar-refractivity contribution in [3.05, 3.63) is 29.3 Å². The van der Waals surface area contributed by atoms with Crippen molar-refractivity contribution in [3.63, 3.8) is 0 Å². The molecule has 2 nitrogen and oxygen atoms in total. The van der Waals surface area contributed by atoms with Gasteiger partial charge in [-0.3, -0.25) is 0 Å². The van der Waals surface area contributed by atoms with Gasteiger partial charge in [0.1, 0.15) is 0 Å². The van der Waals surface area contributed by atoms with Gasteiger partial charge in [-0.25, -0.2) is 0 Å². The van der Waals surface area contributed by atoms with Gasteiger partial charge in [0.25, 0.3) is 0 Å². The lowest BCUT2D eigenvalue weighted by molar-refractivity contribution is 0.00578. The molecule has 1 aliphatic carbocycles. The molecule has 4 heteroatoms. The van der Waals surface area contributed by atoms with E-state index in [4.69, 9.17) is 9.31 Å². The third-order valence-corrected chi connectivity index (χ3v) is 6.40. The summed E-state index contributed by atoms with van der Waals surface area (Å²) >= 11 is 0. The third-order valence-electron chi connectivity index (χ3n) is 6.40. The Balaban J connectivity index is 0.00000208. The minimum Gasteiger partial charge on any atom is -0.399 e. The van der Waals surface area contributed by atoms with Gasteiger partial charge >= 0.3 is 7.12 Å². The molecular formula is C20H33BO2S. The van der Waals surface area contributed by atoms with E-state index < -0.39 is 0 Å². The molecule has 1 saturated heterocycles. The molecule has 0 amide bonds. The van der Waals surface area contributed by atoms with E-state index in [-0.39, 0.29) is 42.6 Å². The van der Waals surface area contributed by atoms with E-state index in [0.29, 0.717) is 0 Å². The van der Waals surface area contributed by atoms with Gasteiger partial charge in [-0.05, 0) is 68.0 Å². The highest BCUT2D eigenvalue weighted by Gasteiger charge is 2.52. The van der Waals surface area contributed by atoms with E-state index in [1.807, 2.05) is 0 Å². The summed E-state index contributed by atoms with van der Waals surface area (Å²) in [6.07, 6.45) is 2.46. The highest BCUT2D eigenvalue weighted by atomic mass is 32.1. The van der Waals surface area contributed by atoms with Crippen molar-refractivity contribution in [1.82, 2.24) is 0 Å². The Kier molecular flexibility index (Phi) is 4.79. The minimum absolute atomic E-state index is 0. The normalized spacial score (nSPS) is 25.8. The highest BCUT2D eigenvalue weighted by molar-refractivity contribution is 7.59. The molecule has 0 saturated carbocycles. The fourth-order valence-electron chi connectivity index (χ4n) is 3.73. The molecule has 0 radical (unpaired) electrons. The average Bonchev–Trinajstić information content (AvgIpc) is 2.64. The van der Waals surface area contributed by atoms with Crippen LogP contribution in [0.2, 0.25) is 0 Å². The molecule has 1 aromatic rings. The van der Waals surface area contributed by atoms with E-state index in [9.17, 15) is 0 Å². The second kappa shape index (κ2) is 5.79. The maximum absolute atomic E-state index is 6.24. The van der Waals surface area contributed by atoms with Crippen LogP contribution in [0.3, 0.4) is 0 Å². The van der Waals surface area contributed by atoms with Crippen LogP contribution in [0.25, 0.3) is 0 Å². The molecule has 1 heterocycles. The Hall–Kier alpha value is -0.445. The Bertz CT molecular complexity index is 619. The van der Waals surface area contributed by atoms with Crippen LogP contribution in [0, 0.1) is 0 Å². The SMILES string of the molecule is CC1(C)CCC(C)(C)c2cc(B3OC(C)(C)C(C)(C)O3)ccc21.S. The first kappa shape index (κ1) is 19.9. The van der Waals surface area contributed by atoms with Crippen molar-refractivity contribution in [2.24, 2.45) is 0 Å². The van der Waals surface area contributed by atoms with Gasteiger partial charge < -0.3 is 9.31 Å². The molecule has 0 spiro atoms. The molecule has 24 heavy (non-hydrogen) atoms. The van der Waals surface area contributed by atoms with Gasteiger partial charge in [0, 0.05) is 0 Å². The van der Waals surface area contributed by atoms with Crippen molar-refractivity contribution in [2.45, 2.75) is 90.3 Å². The van der Waals surface area contributed by atoms with E-state index in [1.54, 1.807) is 0 Å². The summed E-state index contributed by atoms with van der Waals surface area (Å²) < 4.78 is 12.5. The summed E-state index contributed by atoms with van der Waals surface area (Å²) in [4.78, 5) is 0. The Labute approximate surface area is 155 Å². The molecule has 3 rings (SSSR count). The van der Waals surface area contributed by atoms with E-state index in [0.717, 1.165) is 5.46 Å². The largest absolute Gasteiger partial charge is 0.494 e. The summed E-state index contributed by atoms with van der Waals surface area (Å²) in [5, 5.41) is 0. The van der Waals surface area contributed by atoms with Crippen LogP contribution < -0.4 is 5.46 Å². The van der Waals surface area contributed by atoms with Crippen LogP contribution in [0.4, 0.5) is 0 Å². The Morgan fingerprint density at radius 3 is 1.71 bits per heavy atom. The second-order valence-electron chi connectivity index (χ2n) is 9.66. The number of rotatable bonds is 1. The van der Waals surface area contributed by atoms with Gasteiger partial charge in [0.2, 0.25) is 0 Å². The van der Waals surface area contributed by atoms with Crippen LogP contribution in [0.1, 0.15) is 79.4 Å². The monoisotopic (exact) mass is 348 g/mol. The smallest absolute Gasteiger partial charge is 0.399 e. The molecule has 0 aromatic heterocycles. The zero-order chi connectivity index (χ0) is 17.3. The number of benzene rings is 1. The van der Waals surface area contributed by atoms with E-state index in [1.165, 1.54) is 24.0 Å². The van der Waals surface area contributed by atoms with E-state index in [2.05, 4.69) is 73.6 Å². The summed E-state index contributed by atoms with van der Waals surface area (Å²) in [6.45, 7) is 17.9. The number of fused-ring (bicyclic) bond motifs is 1. The lowest BCUT2D eigenvalue weighted by Crippen LogP contribution is -2.41. The first-order valence-corrected chi connectivity index (χ1v) is 8.86. The molecule has 0 N–H and O–H groups in total. The second-order valence-corrected chi connectivity index (χ2v) is 9.66. The molecule has 0 unspecified atom stereocenters. The quantitative estimate of drug-likeness (QED) is 0.698. The first-order chi connectivity index (χ1) is 10.4. The summed E-state index contributed by atoms with van der Waals surface area (Å²) in [5.41, 5.74) is 3.97. The molecule has 0 bridgehead atoms.